The molecule has 2 rings (SSSR count). The summed E-state index contributed by atoms with van der Waals surface area (Å²) in [6.07, 6.45) is 1.35. The van der Waals surface area contributed by atoms with Crippen LogP contribution in [0.4, 0.5) is 0 Å². The molecule has 0 bridgehead atoms. The molecule has 0 radical (unpaired) electrons. The lowest BCUT2D eigenvalue weighted by Gasteiger charge is -2.07. The molecule has 1 N–H and O–H groups in total. The largest absolute Gasteiger partial charge is 0.489 e. The van der Waals surface area contributed by atoms with Gasteiger partial charge in [0.1, 0.15) is 12.4 Å². The molecule has 98 valence electrons. The summed E-state index contributed by atoms with van der Waals surface area (Å²) in [5, 5.41) is 12.4. The SMILES string of the molecule is O/N=C\c1ccc(OCc2ccc(Cl)c(Cl)c2)cc1. The van der Waals surface area contributed by atoms with Gasteiger partial charge in [-0.15, -0.1) is 0 Å². The second kappa shape index (κ2) is 6.45. The van der Waals surface area contributed by atoms with Crippen molar-refractivity contribution >= 4 is 29.4 Å². The van der Waals surface area contributed by atoms with Crippen molar-refractivity contribution < 1.29 is 9.94 Å². The first kappa shape index (κ1) is 13.7. The lowest BCUT2D eigenvalue weighted by molar-refractivity contribution is 0.306. The van der Waals surface area contributed by atoms with E-state index in [4.69, 9.17) is 33.1 Å². The van der Waals surface area contributed by atoms with Gasteiger partial charge in [-0.3, -0.25) is 0 Å². The lowest BCUT2D eigenvalue weighted by Crippen LogP contribution is -1.95. The Bertz CT molecular complexity index is 582. The van der Waals surface area contributed by atoms with E-state index in [9.17, 15) is 0 Å². The first-order valence-corrected chi connectivity index (χ1v) is 6.29. The Morgan fingerprint density at radius 1 is 1.05 bits per heavy atom. The molecule has 0 aliphatic heterocycles. The van der Waals surface area contributed by atoms with E-state index in [1.807, 2.05) is 6.07 Å². The molecule has 0 aromatic heterocycles. The van der Waals surface area contributed by atoms with Gasteiger partial charge in [0.25, 0.3) is 0 Å². The molecule has 5 heteroatoms. The number of oxime groups is 1. The Hall–Kier alpha value is -1.71. The van der Waals surface area contributed by atoms with Gasteiger partial charge in [0.05, 0.1) is 16.3 Å². The van der Waals surface area contributed by atoms with Gasteiger partial charge in [0.2, 0.25) is 0 Å². The number of hydrogen-bond acceptors (Lipinski definition) is 3. The zero-order chi connectivity index (χ0) is 13.7. The molecular formula is C14H11Cl2NO2. The fourth-order valence-electron chi connectivity index (χ4n) is 1.51. The van der Waals surface area contributed by atoms with Crippen molar-refractivity contribution in [2.75, 3.05) is 0 Å². The van der Waals surface area contributed by atoms with Crippen molar-refractivity contribution in [2.45, 2.75) is 6.61 Å². The van der Waals surface area contributed by atoms with Crippen molar-refractivity contribution in [3.8, 4) is 5.75 Å². The quantitative estimate of drug-likeness (QED) is 0.517. The maximum absolute atomic E-state index is 8.40. The normalized spacial score (nSPS) is 10.8. The van der Waals surface area contributed by atoms with E-state index in [1.165, 1.54) is 6.21 Å². The lowest BCUT2D eigenvalue weighted by atomic mass is 10.2. The van der Waals surface area contributed by atoms with Crippen molar-refractivity contribution in [2.24, 2.45) is 5.16 Å². The molecule has 0 fully saturated rings. The molecule has 0 aliphatic carbocycles. The van der Waals surface area contributed by atoms with E-state index in [1.54, 1.807) is 36.4 Å². The maximum Gasteiger partial charge on any atom is 0.119 e. The van der Waals surface area contributed by atoms with E-state index in [2.05, 4.69) is 5.16 Å². The summed E-state index contributed by atoms with van der Waals surface area (Å²) >= 11 is 11.8. The third-order valence-corrected chi connectivity index (χ3v) is 3.22. The molecule has 0 heterocycles. The molecule has 0 spiro atoms. The minimum atomic E-state index is 0.407. The predicted molar refractivity (Wildman–Crippen MR) is 76.6 cm³/mol. The number of ether oxygens (including phenoxy) is 1. The Labute approximate surface area is 121 Å². The van der Waals surface area contributed by atoms with E-state index in [0.29, 0.717) is 16.7 Å². The van der Waals surface area contributed by atoms with Crippen LogP contribution in [-0.4, -0.2) is 11.4 Å². The molecule has 0 atom stereocenters. The standard InChI is InChI=1S/C14H11Cl2NO2/c15-13-6-3-11(7-14(13)16)9-19-12-4-1-10(2-5-12)8-17-18/h1-8,18H,9H2/b17-8-. The molecule has 0 amide bonds. The van der Waals surface area contributed by atoms with E-state index >= 15 is 0 Å². The molecule has 0 aliphatic rings. The summed E-state index contributed by atoms with van der Waals surface area (Å²) < 4.78 is 5.61. The molecule has 0 unspecified atom stereocenters. The smallest absolute Gasteiger partial charge is 0.119 e. The van der Waals surface area contributed by atoms with Crippen LogP contribution in [0.5, 0.6) is 5.75 Å². The molecule has 19 heavy (non-hydrogen) atoms. The topological polar surface area (TPSA) is 41.8 Å². The molecule has 0 saturated heterocycles. The highest BCUT2D eigenvalue weighted by atomic mass is 35.5. The highest BCUT2D eigenvalue weighted by molar-refractivity contribution is 6.42. The zero-order valence-electron chi connectivity index (χ0n) is 9.88. The van der Waals surface area contributed by atoms with Crippen LogP contribution in [0.15, 0.2) is 47.6 Å². The first-order valence-electron chi connectivity index (χ1n) is 5.53. The maximum atomic E-state index is 8.40. The van der Waals surface area contributed by atoms with E-state index < -0.39 is 0 Å². The van der Waals surface area contributed by atoms with Gasteiger partial charge in [-0.25, -0.2) is 0 Å². The fourth-order valence-corrected chi connectivity index (χ4v) is 1.83. The first-order chi connectivity index (χ1) is 9.19. The van der Waals surface area contributed by atoms with Crippen LogP contribution in [0, 0.1) is 0 Å². The summed E-state index contributed by atoms with van der Waals surface area (Å²) in [5.74, 6) is 0.723. The van der Waals surface area contributed by atoms with Crippen LogP contribution in [-0.2, 0) is 6.61 Å². The Balaban J connectivity index is 1.99. The van der Waals surface area contributed by atoms with Gasteiger partial charge >= 0.3 is 0 Å². The third-order valence-electron chi connectivity index (χ3n) is 2.48. The van der Waals surface area contributed by atoms with Gasteiger partial charge in [-0.1, -0.05) is 34.4 Å². The van der Waals surface area contributed by atoms with Gasteiger partial charge in [-0.05, 0) is 47.5 Å². The molecule has 2 aromatic carbocycles. The van der Waals surface area contributed by atoms with Crippen LogP contribution < -0.4 is 4.74 Å². The van der Waals surface area contributed by atoms with Gasteiger partial charge in [0, 0.05) is 0 Å². The zero-order valence-corrected chi connectivity index (χ0v) is 11.4. The second-order valence-electron chi connectivity index (χ2n) is 3.85. The third kappa shape index (κ3) is 3.88. The monoisotopic (exact) mass is 295 g/mol. The van der Waals surface area contributed by atoms with Gasteiger partial charge in [-0.2, -0.15) is 0 Å². The minimum absolute atomic E-state index is 0.407. The van der Waals surface area contributed by atoms with Crippen molar-refractivity contribution in [3.63, 3.8) is 0 Å². The summed E-state index contributed by atoms with van der Waals surface area (Å²) in [4.78, 5) is 0. The van der Waals surface area contributed by atoms with Gasteiger partial charge in [0.15, 0.2) is 0 Å². The second-order valence-corrected chi connectivity index (χ2v) is 4.67. The summed E-state index contributed by atoms with van der Waals surface area (Å²) in [6.45, 7) is 0.407. The molecule has 2 aromatic rings. The predicted octanol–water partition coefficient (Wildman–Crippen LogP) is 4.38. The van der Waals surface area contributed by atoms with Crippen LogP contribution in [0.1, 0.15) is 11.1 Å². The van der Waals surface area contributed by atoms with Crippen molar-refractivity contribution in [3.05, 3.63) is 63.6 Å². The highest BCUT2D eigenvalue weighted by Gasteiger charge is 2.01. The van der Waals surface area contributed by atoms with Crippen LogP contribution in [0.25, 0.3) is 0 Å². The van der Waals surface area contributed by atoms with Crippen LogP contribution in [0.3, 0.4) is 0 Å². The summed E-state index contributed by atoms with van der Waals surface area (Å²) in [5.41, 5.74) is 1.74. The summed E-state index contributed by atoms with van der Waals surface area (Å²) in [6, 6.07) is 12.6. The fraction of sp³-hybridized carbons (Fsp3) is 0.0714. The number of nitrogens with zero attached hydrogens (tertiary/aromatic N) is 1. The minimum Gasteiger partial charge on any atom is -0.489 e. The van der Waals surface area contributed by atoms with Gasteiger partial charge < -0.3 is 9.94 Å². The average molecular weight is 296 g/mol. The Morgan fingerprint density at radius 2 is 1.79 bits per heavy atom. The number of benzene rings is 2. The molecule has 3 nitrogen and oxygen atoms in total. The molecular weight excluding hydrogens is 285 g/mol. The van der Waals surface area contributed by atoms with Crippen LogP contribution >= 0.6 is 23.2 Å². The van der Waals surface area contributed by atoms with Crippen molar-refractivity contribution in [1.29, 1.82) is 0 Å². The number of halogens is 2. The Kier molecular flexibility index (Phi) is 4.66. The van der Waals surface area contributed by atoms with E-state index in [-0.39, 0.29) is 0 Å². The van der Waals surface area contributed by atoms with Crippen molar-refractivity contribution in [1.82, 2.24) is 0 Å². The Morgan fingerprint density at radius 3 is 2.42 bits per heavy atom. The number of hydrogen-bond donors (Lipinski definition) is 1. The highest BCUT2D eigenvalue weighted by Crippen LogP contribution is 2.23. The number of rotatable bonds is 4. The van der Waals surface area contributed by atoms with E-state index in [0.717, 1.165) is 16.9 Å². The summed E-state index contributed by atoms with van der Waals surface area (Å²) in [7, 11) is 0. The average Bonchev–Trinajstić information content (AvgIpc) is 2.42. The van der Waals surface area contributed by atoms with Crippen LogP contribution in [0.2, 0.25) is 10.0 Å². The molecule has 0 saturated carbocycles.